The standard InChI is InChI=1S/C7H9N3O2/c8-2-5-1-6(12)3-9-7(5)10-4-11/h1,3-4,12H,2,8H2,(H,9,10,11). The van der Waals surface area contributed by atoms with Crippen molar-refractivity contribution in [2.75, 3.05) is 5.32 Å². The van der Waals surface area contributed by atoms with Crippen LogP contribution < -0.4 is 11.1 Å². The number of aromatic hydroxyl groups is 1. The highest BCUT2D eigenvalue weighted by molar-refractivity contribution is 5.70. The van der Waals surface area contributed by atoms with E-state index in [2.05, 4.69) is 10.3 Å². The molecule has 0 aliphatic heterocycles. The Morgan fingerprint density at radius 3 is 3.08 bits per heavy atom. The second kappa shape index (κ2) is 3.68. The third-order valence-corrected chi connectivity index (χ3v) is 1.37. The van der Waals surface area contributed by atoms with Gasteiger partial charge in [0.25, 0.3) is 0 Å². The van der Waals surface area contributed by atoms with Crippen molar-refractivity contribution in [1.29, 1.82) is 0 Å². The molecule has 1 rings (SSSR count). The number of nitrogens with zero attached hydrogens (tertiary/aromatic N) is 1. The van der Waals surface area contributed by atoms with Crippen LogP contribution in [0, 0.1) is 0 Å². The van der Waals surface area contributed by atoms with Crippen molar-refractivity contribution in [2.24, 2.45) is 5.73 Å². The molecule has 0 radical (unpaired) electrons. The molecule has 0 spiro atoms. The number of amides is 1. The lowest BCUT2D eigenvalue weighted by molar-refractivity contribution is -0.105. The van der Waals surface area contributed by atoms with Gasteiger partial charge in [0.1, 0.15) is 11.6 Å². The van der Waals surface area contributed by atoms with E-state index in [0.717, 1.165) is 0 Å². The van der Waals surface area contributed by atoms with Gasteiger partial charge in [-0.3, -0.25) is 4.79 Å². The van der Waals surface area contributed by atoms with Gasteiger partial charge in [-0.15, -0.1) is 0 Å². The highest BCUT2D eigenvalue weighted by Gasteiger charge is 2.01. The van der Waals surface area contributed by atoms with Gasteiger partial charge in [0, 0.05) is 12.1 Å². The van der Waals surface area contributed by atoms with Crippen LogP contribution in [0.25, 0.3) is 0 Å². The molecule has 0 fully saturated rings. The van der Waals surface area contributed by atoms with E-state index in [1.807, 2.05) is 0 Å². The van der Waals surface area contributed by atoms with E-state index in [0.29, 0.717) is 17.8 Å². The topological polar surface area (TPSA) is 88.2 Å². The zero-order valence-electron chi connectivity index (χ0n) is 6.32. The number of anilines is 1. The Labute approximate surface area is 69.2 Å². The average Bonchev–Trinajstić information content (AvgIpc) is 2.08. The summed E-state index contributed by atoms with van der Waals surface area (Å²) in [6, 6.07) is 1.46. The molecule has 1 heterocycles. The first-order chi connectivity index (χ1) is 5.77. The number of nitrogens with one attached hydrogen (secondary N) is 1. The lowest BCUT2D eigenvalue weighted by Crippen LogP contribution is -2.05. The molecule has 1 amide bonds. The highest BCUT2D eigenvalue weighted by atomic mass is 16.3. The largest absolute Gasteiger partial charge is 0.506 e. The summed E-state index contributed by atoms with van der Waals surface area (Å²) in [6.07, 6.45) is 1.75. The average molecular weight is 167 g/mol. The fraction of sp³-hybridized carbons (Fsp3) is 0.143. The van der Waals surface area contributed by atoms with Gasteiger partial charge in [-0.05, 0) is 6.07 Å². The van der Waals surface area contributed by atoms with E-state index in [4.69, 9.17) is 10.8 Å². The summed E-state index contributed by atoms with van der Waals surface area (Å²) < 4.78 is 0. The fourth-order valence-corrected chi connectivity index (χ4v) is 0.839. The number of hydrogen-bond acceptors (Lipinski definition) is 4. The minimum absolute atomic E-state index is 0.0342. The van der Waals surface area contributed by atoms with Gasteiger partial charge in [-0.2, -0.15) is 0 Å². The maximum Gasteiger partial charge on any atom is 0.212 e. The zero-order valence-corrected chi connectivity index (χ0v) is 6.32. The van der Waals surface area contributed by atoms with E-state index < -0.39 is 0 Å². The number of carbonyl (C=O) groups excluding carboxylic acids is 1. The van der Waals surface area contributed by atoms with Gasteiger partial charge in [-0.1, -0.05) is 0 Å². The highest BCUT2D eigenvalue weighted by Crippen LogP contribution is 2.16. The first-order valence-electron chi connectivity index (χ1n) is 3.36. The van der Waals surface area contributed by atoms with Gasteiger partial charge in [0.05, 0.1) is 6.20 Å². The summed E-state index contributed by atoms with van der Waals surface area (Å²) >= 11 is 0. The molecule has 0 aromatic carbocycles. The van der Waals surface area contributed by atoms with Crippen molar-refractivity contribution in [2.45, 2.75) is 6.54 Å². The monoisotopic (exact) mass is 167 g/mol. The van der Waals surface area contributed by atoms with Gasteiger partial charge in [0.2, 0.25) is 6.41 Å². The minimum Gasteiger partial charge on any atom is -0.506 e. The molecule has 12 heavy (non-hydrogen) atoms. The van der Waals surface area contributed by atoms with Crippen LogP contribution in [0.4, 0.5) is 5.82 Å². The quantitative estimate of drug-likeness (QED) is 0.544. The minimum atomic E-state index is 0.0342. The van der Waals surface area contributed by atoms with Crippen molar-refractivity contribution in [3.05, 3.63) is 17.8 Å². The summed E-state index contributed by atoms with van der Waals surface area (Å²) in [5, 5.41) is 11.4. The van der Waals surface area contributed by atoms with Crippen LogP contribution in [0.2, 0.25) is 0 Å². The summed E-state index contributed by atoms with van der Waals surface area (Å²) in [6.45, 7) is 0.220. The van der Waals surface area contributed by atoms with E-state index in [9.17, 15) is 4.79 Å². The van der Waals surface area contributed by atoms with Crippen molar-refractivity contribution in [3.63, 3.8) is 0 Å². The third-order valence-electron chi connectivity index (χ3n) is 1.37. The predicted molar refractivity (Wildman–Crippen MR) is 43.5 cm³/mol. The molecule has 1 aromatic heterocycles. The summed E-state index contributed by atoms with van der Waals surface area (Å²) in [5.74, 6) is 0.414. The summed E-state index contributed by atoms with van der Waals surface area (Å²) in [7, 11) is 0. The van der Waals surface area contributed by atoms with Crippen LogP contribution in [0.5, 0.6) is 5.75 Å². The lowest BCUT2D eigenvalue weighted by Gasteiger charge is -2.04. The van der Waals surface area contributed by atoms with Crippen molar-refractivity contribution < 1.29 is 9.90 Å². The molecule has 0 aliphatic rings. The third kappa shape index (κ3) is 1.70. The first-order valence-corrected chi connectivity index (χ1v) is 3.36. The molecule has 5 heteroatoms. The predicted octanol–water partition coefficient (Wildman–Crippen LogP) is -0.186. The van der Waals surface area contributed by atoms with Gasteiger partial charge >= 0.3 is 0 Å². The fourth-order valence-electron chi connectivity index (χ4n) is 0.839. The molecule has 0 bridgehead atoms. The van der Waals surface area contributed by atoms with Gasteiger partial charge in [-0.25, -0.2) is 4.98 Å². The Hall–Kier alpha value is -1.62. The summed E-state index contributed by atoms with van der Waals surface area (Å²) in [5.41, 5.74) is 5.94. The van der Waals surface area contributed by atoms with Crippen LogP contribution in [0.1, 0.15) is 5.56 Å². The molecular weight excluding hydrogens is 158 g/mol. The van der Waals surface area contributed by atoms with Crippen LogP contribution in [0.3, 0.4) is 0 Å². The summed E-state index contributed by atoms with van der Waals surface area (Å²) in [4.78, 5) is 13.8. The molecule has 64 valence electrons. The first kappa shape index (κ1) is 8.48. The number of nitrogens with two attached hydrogens (primary N) is 1. The van der Waals surface area contributed by atoms with Gasteiger partial charge < -0.3 is 16.2 Å². The second-order valence-electron chi connectivity index (χ2n) is 2.17. The molecular formula is C7H9N3O2. The number of aromatic nitrogens is 1. The van der Waals surface area contributed by atoms with Crippen molar-refractivity contribution in [1.82, 2.24) is 4.98 Å². The Morgan fingerprint density at radius 1 is 1.75 bits per heavy atom. The zero-order chi connectivity index (χ0) is 8.97. The van der Waals surface area contributed by atoms with E-state index in [1.54, 1.807) is 0 Å². The van der Waals surface area contributed by atoms with Crippen LogP contribution >= 0.6 is 0 Å². The molecule has 4 N–H and O–H groups in total. The van der Waals surface area contributed by atoms with E-state index in [-0.39, 0.29) is 12.3 Å². The molecule has 5 nitrogen and oxygen atoms in total. The van der Waals surface area contributed by atoms with E-state index >= 15 is 0 Å². The number of rotatable bonds is 3. The molecule has 0 atom stereocenters. The Morgan fingerprint density at radius 2 is 2.50 bits per heavy atom. The molecule has 1 aromatic rings. The normalized spacial score (nSPS) is 9.42. The van der Waals surface area contributed by atoms with E-state index in [1.165, 1.54) is 12.3 Å². The Bertz CT molecular complexity index is 288. The van der Waals surface area contributed by atoms with Crippen LogP contribution in [-0.2, 0) is 11.3 Å². The SMILES string of the molecule is NCc1cc(O)cnc1NC=O. The van der Waals surface area contributed by atoms with Gasteiger partial charge in [0.15, 0.2) is 0 Å². The lowest BCUT2D eigenvalue weighted by atomic mass is 10.2. The van der Waals surface area contributed by atoms with Crippen molar-refractivity contribution in [3.8, 4) is 5.75 Å². The van der Waals surface area contributed by atoms with Crippen LogP contribution in [-0.4, -0.2) is 16.5 Å². The maximum absolute atomic E-state index is 10.1. The molecule has 0 saturated heterocycles. The number of pyridine rings is 1. The smallest absolute Gasteiger partial charge is 0.212 e. The maximum atomic E-state index is 10.1. The Kier molecular flexibility index (Phi) is 2.60. The number of hydrogen-bond donors (Lipinski definition) is 3. The van der Waals surface area contributed by atoms with Crippen molar-refractivity contribution >= 4 is 12.2 Å². The Balaban J connectivity index is 3.01. The van der Waals surface area contributed by atoms with Crippen LogP contribution in [0.15, 0.2) is 12.3 Å². The number of carbonyl (C=O) groups is 1. The molecule has 0 aliphatic carbocycles. The second-order valence-corrected chi connectivity index (χ2v) is 2.17. The molecule has 0 unspecified atom stereocenters. The molecule has 0 saturated carbocycles.